The Morgan fingerprint density at radius 2 is 2.00 bits per heavy atom. The molecule has 1 aromatic carbocycles. The van der Waals surface area contributed by atoms with Crippen molar-refractivity contribution in [3.05, 3.63) is 35.4 Å². The Morgan fingerprint density at radius 3 is 2.60 bits per heavy atom. The first-order valence-electron chi connectivity index (χ1n) is 5.80. The van der Waals surface area contributed by atoms with Gasteiger partial charge in [-0.15, -0.1) is 0 Å². The molecule has 0 bridgehead atoms. The van der Waals surface area contributed by atoms with Gasteiger partial charge >= 0.3 is 0 Å². The molecule has 3 N–H and O–H groups in total. The summed E-state index contributed by atoms with van der Waals surface area (Å²) in [6, 6.07) is 9.56. The fourth-order valence-corrected chi connectivity index (χ4v) is 2.20. The third kappa shape index (κ3) is 2.80. The zero-order valence-corrected chi connectivity index (χ0v) is 9.37. The van der Waals surface area contributed by atoms with Crippen LogP contribution < -0.4 is 11.1 Å². The summed E-state index contributed by atoms with van der Waals surface area (Å²) in [5.74, 6) is 0. The molecule has 1 saturated carbocycles. The van der Waals surface area contributed by atoms with Crippen molar-refractivity contribution in [2.24, 2.45) is 5.73 Å². The lowest BCUT2D eigenvalue weighted by Gasteiger charge is -2.17. The fourth-order valence-electron chi connectivity index (χ4n) is 2.20. The minimum absolute atomic E-state index is 0.357. The normalized spacial score (nSPS) is 25.7. The maximum absolute atomic E-state index is 6.00. The standard InChI is InChI=1S/C13H20N2/c1-10-5-7-11(8-6-10)9-15-13-4-2-3-12(13)14/h5-8,12-13,15H,2-4,9,14H2,1H3/t12-,13-/m1/s1. The highest BCUT2D eigenvalue weighted by Gasteiger charge is 2.22. The fraction of sp³-hybridized carbons (Fsp3) is 0.538. The number of hydrogen-bond acceptors (Lipinski definition) is 2. The Balaban J connectivity index is 1.85. The summed E-state index contributed by atoms with van der Waals surface area (Å²) < 4.78 is 0. The van der Waals surface area contributed by atoms with Gasteiger partial charge in [-0.2, -0.15) is 0 Å². The van der Waals surface area contributed by atoms with Crippen molar-refractivity contribution in [1.82, 2.24) is 5.32 Å². The van der Waals surface area contributed by atoms with E-state index in [9.17, 15) is 0 Å². The summed E-state index contributed by atoms with van der Waals surface area (Å²) >= 11 is 0. The Kier molecular flexibility index (Phi) is 3.39. The van der Waals surface area contributed by atoms with E-state index in [1.165, 1.54) is 30.4 Å². The van der Waals surface area contributed by atoms with Crippen molar-refractivity contribution in [2.45, 2.75) is 44.8 Å². The third-order valence-corrected chi connectivity index (χ3v) is 3.26. The van der Waals surface area contributed by atoms with Crippen LogP contribution >= 0.6 is 0 Å². The van der Waals surface area contributed by atoms with Gasteiger partial charge in [0.15, 0.2) is 0 Å². The minimum Gasteiger partial charge on any atom is -0.326 e. The SMILES string of the molecule is Cc1ccc(CN[C@@H]2CCC[C@H]2N)cc1. The maximum atomic E-state index is 6.00. The topological polar surface area (TPSA) is 38.0 Å². The molecule has 2 heteroatoms. The summed E-state index contributed by atoms with van der Waals surface area (Å²) in [6.07, 6.45) is 3.67. The van der Waals surface area contributed by atoms with Gasteiger partial charge in [0.05, 0.1) is 0 Å². The second-order valence-electron chi connectivity index (χ2n) is 4.57. The van der Waals surface area contributed by atoms with Gasteiger partial charge in [-0.1, -0.05) is 36.2 Å². The molecule has 0 aromatic heterocycles. The predicted octanol–water partition coefficient (Wildman–Crippen LogP) is 1.96. The lowest BCUT2D eigenvalue weighted by molar-refractivity contribution is 0.475. The van der Waals surface area contributed by atoms with E-state index in [0.29, 0.717) is 12.1 Å². The molecule has 1 aliphatic rings. The monoisotopic (exact) mass is 204 g/mol. The molecule has 0 amide bonds. The van der Waals surface area contributed by atoms with Gasteiger partial charge in [-0.3, -0.25) is 0 Å². The molecule has 82 valence electrons. The van der Waals surface area contributed by atoms with Crippen molar-refractivity contribution < 1.29 is 0 Å². The van der Waals surface area contributed by atoms with Gasteiger partial charge in [0.2, 0.25) is 0 Å². The first kappa shape index (κ1) is 10.7. The van der Waals surface area contributed by atoms with Gasteiger partial charge in [0.1, 0.15) is 0 Å². The van der Waals surface area contributed by atoms with Crippen molar-refractivity contribution in [1.29, 1.82) is 0 Å². The zero-order chi connectivity index (χ0) is 10.7. The second-order valence-corrected chi connectivity index (χ2v) is 4.57. The van der Waals surface area contributed by atoms with Gasteiger partial charge in [0.25, 0.3) is 0 Å². The van der Waals surface area contributed by atoms with Gasteiger partial charge in [-0.25, -0.2) is 0 Å². The quantitative estimate of drug-likeness (QED) is 0.790. The summed E-state index contributed by atoms with van der Waals surface area (Å²) in [5.41, 5.74) is 8.67. The van der Waals surface area contributed by atoms with E-state index in [1.807, 2.05) is 0 Å². The Bertz CT molecular complexity index is 305. The van der Waals surface area contributed by atoms with Crippen LogP contribution in [0.1, 0.15) is 30.4 Å². The average Bonchev–Trinajstić information content (AvgIpc) is 2.63. The zero-order valence-electron chi connectivity index (χ0n) is 9.37. The molecule has 0 heterocycles. The van der Waals surface area contributed by atoms with Crippen LogP contribution in [-0.4, -0.2) is 12.1 Å². The van der Waals surface area contributed by atoms with Crippen LogP contribution in [0.3, 0.4) is 0 Å². The summed E-state index contributed by atoms with van der Waals surface area (Å²) in [5, 5.41) is 3.54. The summed E-state index contributed by atoms with van der Waals surface area (Å²) in [6.45, 7) is 3.06. The summed E-state index contributed by atoms with van der Waals surface area (Å²) in [7, 11) is 0. The molecule has 0 aliphatic heterocycles. The van der Waals surface area contributed by atoms with Crippen LogP contribution in [0, 0.1) is 6.92 Å². The van der Waals surface area contributed by atoms with E-state index < -0.39 is 0 Å². The molecule has 2 nitrogen and oxygen atoms in total. The number of nitrogens with two attached hydrogens (primary N) is 1. The number of nitrogens with one attached hydrogen (secondary N) is 1. The van der Waals surface area contributed by atoms with Crippen molar-refractivity contribution >= 4 is 0 Å². The third-order valence-electron chi connectivity index (χ3n) is 3.26. The first-order valence-corrected chi connectivity index (χ1v) is 5.80. The van der Waals surface area contributed by atoms with Crippen LogP contribution in [0.15, 0.2) is 24.3 Å². The molecule has 15 heavy (non-hydrogen) atoms. The van der Waals surface area contributed by atoms with Crippen molar-refractivity contribution in [3.63, 3.8) is 0 Å². The van der Waals surface area contributed by atoms with Crippen LogP contribution in [0.25, 0.3) is 0 Å². The Morgan fingerprint density at radius 1 is 1.27 bits per heavy atom. The maximum Gasteiger partial charge on any atom is 0.0222 e. The largest absolute Gasteiger partial charge is 0.326 e. The number of hydrogen-bond donors (Lipinski definition) is 2. The van der Waals surface area contributed by atoms with E-state index in [0.717, 1.165) is 6.54 Å². The Labute approximate surface area is 91.9 Å². The molecular formula is C13H20N2. The van der Waals surface area contributed by atoms with Crippen LogP contribution in [0.5, 0.6) is 0 Å². The minimum atomic E-state index is 0.357. The lowest BCUT2D eigenvalue weighted by Crippen LogP contribution is -2.40. The molecule has 0 unspecified atom stereocenters. The predicted molar refractivity (Wildman–Crippen MR) is 63.6 cm³/mol. The Hall–Kier alpha value is -0.860. The molecule has 1 fully saturated rings. The molecule has 1 aromatic rings. The molecule has 0 radical (unpaired) electrons. The van der Waals surface area contributed by atoms with E-state index in [1.54, 1.807) is 0 Å². The molecule has 0 saturated heterocycles. The molecule has 0 spiro atoms. The second kappa shape index (κ2) is 4.77. The smallest absolute Gasteiger partial charge is 0.0222 e. The van der Waals surface area contributed by atoms with E-state index in [-0.39, 0.29) is 0 Å². The molecule has 2 atom stereocenters. The van der Waals surface area contributed by atoms with E-state index >= 15 is 0 Å². The number of benzene rings is 1. The average molecular weight is 204 g/mol. The van der Waals surface area contributed by atoms with Crippen molar-refractivity contribution in [3.8, 4) is 0 Å². The van der Waals surface area contributed by atoms with Gasteiger partial charge < -0.3 is 11.1 Å². The van der Waals surface area contributed by atoms with Crippen LogP contribution in [0.4, 0.5) is 0 Å². The van der Waals surface area contributed by atoms with Crippen LogP contribution in [-0.2, 0) is 6.54 Å². The van der Waals surface area contributed by atoms with Crippen molar-refractivity contribution in [2.75, 3.05) is 0 Å². The first-order chi connectivity index (χ1) is 7.25. The van der Waals surface area contributed by atoms with Gasteiger partial charge in [0, 0.05) is 18.6 Å². The highest BCUT2D eigenvalue weighted by atomic mass is 15.0. The molecule has 2 rings (SSSR count). The van der Waals surface area contributed by atoms with Crippen LogP contribution in [0.2, 0.25) is 0 Å². The summed E-state index contributed by atoms with van der Waals surface area (Å²) in [4.78, 5) is 0. The van der Waals surface area contributed by atoms with E-state index in [2.05, 4.69) is 36.5 Å². The number of aryl methyl sites for hydroxylation is 1. The molecule has 1 aliphatic carbocycles. The highest BCUT2D eigenvalue weighted by molar-refractivity contribution is 5.21. The van der Waals surface area contributed by atoms with Gasteiger partial charge in [-0.05, 0) is 25.3 Å². The highest BCUT2D eigenvalue weighted by Crippen LogP contribution is 2.17. The molecular weight excluding hydrogens is 184 g/mol. The lowest BCUT2D eigenvalue weighted by atomic mass is 10.1. The van der Waals surface area contributed by atoms with E-state index in [4.69, 9.17) is 5.73 Å². The number of rotatable bonds is 3.